The highest BCUT2D eigenvalue weighted by atomic mass is 32.1. The maximum absolute atomic E-state index is 13.6. The molecule has 118 valence electrons. The molecule has 0 radical (unpaired) electrons. The number of alkyl halides is 2. The minimum Gasteiger partial charge on any atom is -0.511 e. The number of anilines is 1. The fraction of sp³-hybridized carbons (Fsp3) is 0.231. The Morgan fingerprint density at radius 2 is 2.18 bits per heavy atom. The van der Waals surface area contributed by atoms with Gasteiger partial charge in [0.15, 0.2) is 11.6 Å². The first-order chi connectivity index (χ1) is 10.4. The lowest BCUT2D eigenvalue weighted by Gasteiger charge is -2.19. The molecule has 1 heterocycles. The van der Waals surface area contributed by atoms with Crippen LogP contribution >= 0.6 is 12.2 Å². The van der Waals surface area contributed by atoms with Gasteiger partial charge in [-0.2, -0.15) is 8.78 Å². The lowest BCUT2D eigenvalue weighted by atomic mass is 10.1. The number of aliphatic hydroxyl groups is 1. The van der Waals surface area contributed by atoms with Crippen molar-refractivity contribution in [3.8, 4) is 5.75 Å². The molecule has 0 spiro atoms. The summed E-state index contributed by atoms with van der Waals surface area (Å²) in [5.41, 5.74) is -0.363. The van der Waals surface area contributed by atoms with Gasteiger partial charge >= 0.3 is 6.61 Å². The Morgan fingerprint density at radius 3 is 2.82 bits per heavy atom. The number of thiocarbonyl (C=S) groups is 1. The van der Waals surface area contributed by atoms with E-state index < -0.39 is 24.1 Å². The van der Waals surface area contributed by atoms with Gasteiger partial charge in [-0.15, -0.1) is 0 Å². The minimum absolute atomic E-state index is 0.177. The van der Waals surface area contributed by atoms with Crippen molar-refractivity contribution >= 4 is 28.8 Å². The maximum atomic E-state index is 13.6. The Kier molecular flexibility index (Phi) is 4.86. The van der Waals surface area contributed by atoms with E-state index in [1.165, 1.54) is 12.1 Å². The van der Waals surface area contributed by atoms with Crippen LogP contribution in [0.25, 0.3) is 0 Å². The van der Waals surface area contributed by atoms with Crippen LogP contribution in [-0.4, -0.2) is 29.2 Å². The molecule has 22 heavy (non-hydrogen) atoms. The molecule has 1 aromatic rings. The van der Waals surface area contributed by atoms with E-state index in [-0.39, 0.29) is 35.0 Å². The molecule has 0 atom stereocenters. The molecule has 1 aromatic carbocycles. The summed E-state index contributed by atoms with van der Waals surface area (Å²) in [5.74, 6) is -2.57. The standard InChI is InChI=1S/C13H11F3N2O3S/c14-6-2-1-3-7(10(6)21-13(15)16)18-12(22)9-8(19)4-5-17-11(9)20/h1-3,13,19H,4-5H2,(H,17,20)(H,18,22). The summed E-state index contributed by atoms with van der Waals surface area (Å²) in [4.78, 5) is 11.5. The average Bonchev–Trinajstić information content (AvgIpc) is 2.42. The molecule has 0 saturated heterocycles. The van der Waals surface area contributed by atoms with Crippen LogP contribution in [0.1, 0.15) is 6.42 Å². The van der Waals surface area contributed by atoms with Crippen molar-refractivity contribution in [1.29, 1.82) is 0 Å². The molecule has 0 aliphatic carbocycles. The summed E-state index contributed by atoms with van der Waals surface area (Å²) in [7, 11) is 0. The largest absolute Gasteiger partial charge is 0.511 e. The molecule has 0 fully saturated rings. The second-order valence-electron chi connectivity index (χ2n) is 4.28. The fourth-order valence-electron chi connectivity index (χ4n) is 1.87. The van der Waals surface area contributed by atoms with Gasteiger partial charge < -0.3 is 20.5 Å². The first kappa shape index (κ1) is 16.1. The van der Waals surface area contributed by atoms with Crippen LogP contribution in [0.15, 0.2) is 29.5 Å². The zero-order chi connectivity index (χ0) is 16.3. The molecule has 1 aliphatic heterocycles. The van der Waals surface area contributed by atoms with Gasteiger partial charge in [0.05, 0.1) is 5.69 Å². The van der Waals surface area contributed by atoms with Crippen molar-refractivity contribution in [2.45, 2.75) is 13.0 Å². The normalized spacial score (nSPS) is 14.8. The number of carbonyl (C=O) groups excluding carboxylic acids is 1. The molecule has 5 nitrogen and oxygen atoms in total. The lowest BCUT2D eigenvalue weighted by molar-refractivity contribution is -0.117. The van der Waals surface area contributed by atoms with E-state index in [0.29, 0.717) is 0 Å². The van der Waals surface area contributed by atoms with E-state index in [1.54, 1.807) is 0 Å². The monoisotopic (exact) mass is 332 g/mol. The van der Waals surface area contributed by atoms with Crippen molar-refractivity contribution in [3.05, 3.63) is 35.3 Å². The average molecular weight is 332 g/mol. The third-order valence-electron chi connectivity index (χ3n) is 2.81. The molecule has 1 aliphatic rings. The number of hydrogen-bond donors (Lipinski definition) is 3. The van der Waals surface area contributed by atoms with Gasteiger partial charge in [-0.3, -0.25) is 4.79 Å². The van der Waals surface area contributed by atoms with Crippen LogP contribution in [0.4, 0.5) is 18.9 Å². The van der Waals surface area contributed by atoms with E-state index in [2.05, 4.69) is 15.4 Å². The fourth-order valence-corrected chi connectivity index (χ4v) is 2.19. The van der Waals surface area contributed by atoms with Crippen molar-refractivity contribution in [1.82, 2.24) is 5.32 Å². The minimum atomic E-state index is -3.23. The highest BCUT2D eigenvalue weighted by Crippen LogP contribution is 2.30. The Labute approximate surface area is 128 Å². The zero-order valence-electron chi connectivity index (χ0n) is 11.0. The third-order valence-corrected chi connectivity index (χ3v) is 3.12. The molecular formula is C13H11F3N2O3S. The van der Waals surface area contributed by atoms with E-state index >= 15 is 0 Å². The molecule has 2 rings (SSSR count). The molecule has 0 aromatic heterocycles. The third kappa shape index (κ3) is 3.48. The van der Waals surface area contributed by atoms with Gasteiger partial charge in [0.2, 0.25) is 0 Å². The number of hydrogen-bond acceptors (Lipinski definition) is 4. The van der Waals surface area contributed by atoms with Crippen molar-refractivity contribution in [2.24, 2.45) is 0 Å². The summed E-state index contributed by atoms with van der Waals surface area (Å²) < 4.78 is 42.4. The topological polar surface area (TPSA) is 70.6 Å². The Balaban J connectivity index is 2.29. The predicted octanol–water partition coefficient (Wildman–Crippen LogP) is 2.50. The van der Waals surface area contributed by atoms with Crippen molar-refractivity contribution in [2.75, 3.05) is 11.9 Å². The summed E-state index contributed by atoms with van der Waals surface area (Å²) >= 11 is 4.97. The van der Waals surface area contributed by atoms with E-state index in [4.69, 9.17) is 12.2 Å². The van der Waals surface area contributed by atoms with Gasteiger partial charge in [0.1, 0.15) is 16.3 Å². The highest BCUT2D eigenvalue weighted by Gasteiger charge is 2.25. The Hall–Kier alpha value is -2.29. The second-order valence-corrected chi connectivity index (χ2v) is 4.68. The molecule has 3 N–H and O–H groups in total. The number of amides is 1. The van der Waals surface area contributed by atoms with Crippen LogP contribution in [0.3, 0.4) is 0 Å². The maximum Gasteiger partial charge on any atom is 0.387 e. The van der Waals surface area contributed by atoms with Crippen LogP contribution in [-0.2, 0) is 4.79 Å². The number of carbonyl (C=O) groups is 1. The smallest absolute Gasteiger partial charge is 0.387 e. The number of ether oxygens (including phenoxy) is 1. The quantitative estimate of drug-likeness (QED) is 0.739. The molecule has 9 heteroatoms. The number of para-hydroxylation sites is 1. The van der Waals surface area contributed by atoms with Crippen LogP contribution in [0.2, 0.25) is 0 Å². The first-order valence-electron chi connectivity index (χ1n) is 6.15. The number of rotatable bonds is 4. The SMILES string of the molecule is O=C1NCCC(O)=C1C(=S)Nc1cccc(F)c1OC(F)F. The van der Waals surface area contributed by atoms with Gasteiger partial charge in [-0.1, -0.05) is 18.3 Å². The van der Waals surface area contributed by atoms with Gasteiger partial charge in [0.25, 0.3) is 5.91 Å². The first-order valence-corrected chi connectivity index (χ1v) is 6.56. The Morgan fingerprint density at radius 1 is 1.45 bits per heavy atom. The van der Waals surface area contributed by atoms with Gasteiger partial charge in [0, 0.05) is 13.0 Å². The molecule has 0 saturated carbocycles. The Bertz CT molecular complexity index is 649. The van der Waals surface area contributed by atoms with Crippen LogP contribution < -0.4 is 15.4 Å². The van der Waals surface area contributed by atoms with E-state index in [9.17, 15) is 23.1 Å². The van der Waals surface area contributed by atoms with Gasteiger partial charge in [-0.25, -0.2) is 4.39 Å². The lowest BCUT2D eigenvalue weighted by Crippen LogP contribution is -2.36. The number of halogens is 3. The summed E-state index contributed by atoms with van der Waals surface area (Å²) in [6.07, 6.45) is 0.187. The molecular weight excluding hydrogens is 321 g/mol. The number of nitrogens with one attached hydrogen (secondary N) is 2. The predicted molar refractivity (Wildman–Crippen MR) is 76.5 cm³/mol. The van der Waals surface area contributed by atoms with E-state index in [0.717, 1.165) is 6.07 Å². The summed E-state index contributed by atoms with van der Waals surface area (Å²) in [5, 5.41) is 14.6. The van der Waals surface area contributed by atoms with Crippen LogP contribution in [0.5, 0.6) is 5.75 Å². The summed E-state index contributed by atoms with van der Waals surface area (Å²) in [6, 6.07) is 3.45. The van der Waals surface area contributed by atoms with Crippen LogP contribution in [0, 0.1) is 5.82 Å². The molecule has 1 amide bonds. The molecule has 0 bridgehead atoms. The summed E-state index contributed by atoms with van der Waals surface area (Å²) in [6.45, 7) is -2.96. The van der Waals surface area contributed by atoms with Crippen molar-refractivity contribution in [3.63, 3.8) is 0 Å². The second kappa shape index (κ2) is 6.65. The van der Waals surface area contributed by atoms with E-state index in [1.807, 2.05) is 0 Å². The zero-order valence-corrected chi connectivity index (χ0v) is 11.8. The van der Waals surface area contributed by atoms with Gasteiger partial charge in [-0.05, 0) is 12.1 Å². The number of aliphatic hydroxyl groups excluding tert-OH is 1. The highest BCUT2D eigenvalue weighted by molar-refractivity contribution is 7.81. The van der Waals surface area contributed by atoms with Crippen molar-refractivity contribution < 1.29 is 27.8 Å². The number of benzene rings is 1. The molecule has 0 unspecified atom stereocenters.